The lowest BCUT2D eigenvalue weighted by Gasteiger charge is -2.33. The number of H-pyrrole nitrogens is 2. The van der Waals surface area contributed by atoms with Crippen LogP contribution in [0, 0.1) is 0 Å². The van der Waals surface area contributed by atoms with Crippen LogP contribution in [0.4, 0.5) is 4.79 Å². The largest absolute Gasteiger partial charge is 0.444 e. The molecule has 3 aromatic rings. The van der Waals surface area contributed by atoms with Gasteiger partial charge < -0.3 is 15.4 Å². The number of fused-ring (bicyclic) bond motifs is 1. The van der Waals surface area contributed by atoms with Gasteiger partial charge in [-0.3, -0.25) is 15.0 Å². The van der Waals surface area contributed by atoms with Crippen LogP contribution in [-0.4, -0.2) is 56.0 Å². The highest BCUT2D eigenvalue weighted by molar-refractivity contribution is 6.07. The lowest BCUT2D eigenvalue weighted by atomic mass is 9.90. The molecular weight excluding hydrogens is 384 g/mol. The predicted octanol–water partition coefficient (Wildman–Crippen LogP) is 3.17. The second kappa shape index (κ2) is 7.47. The number of amides is 2. The number of carbonyl (C=O) groups excluding carboxylic acids is 2. The van der Waals surface area contributed by atoms with E-state index in [-0.39, 0.29) is 12.0 Å². The van der Waals surface area contributed by atoms with E-state index >= 15 is 0 Å². The molecule has 1 aromatic carbocycles. The van der Waals surface area contributed by atoms with E-state index in [1.165, 1.54) is 0 Å². The molecule has 30 heavy (non-hydrogen) atoms. The predicted molar refractivity (Wildman–Crippen MR) is 112 cm³/mol. The zero-order valence-electron chi connectivity index (χ0n) is 17.4. The van der Waals surface area contributed by atoms with Gasteiger partial charge in [0.15, 0.2) is 0 Å². The van der Waals surface area contributed by atoms with Crippen molar-refractivity contribution in [1.29, 1.82) is 0 Å². The van der Waals surface area contributed by atoms with Gasteiger partial charge in [-0.25, -0.2) is 4.79 Å². The lowest BCUT2D eigenvalue weighted by molar-refractivity contribution is 0.0204. The van der Waals surface area contributed by atoms with Crippen LogP contribution in [0.2, 0.25) is 0 Å². The van der Waals surface area contributed by atoms with Crippen LogP contribution in [0.25, 0.3) is 22.0 Å². The number of likely N-dealkylation sites (tertiary alicyclic amines) is 1. The molecule has 2 aromatic heterocycles. The molecule has 0 bridgehead atoms. The molecule has 1 aliphatic heterocycles. The standard InChI is InChI=1S/C21H26N6O3/c1-21(2,3)30-20(29)27-6-4-12(5-7-27)17-15-8-13(14-10-23-24-11-14)9-16(19(22)28)18(15)26-25-17/h8-12H,4-7H2,1-3H3,(H2,22,28)(H,23,24)(H,25,26). The van der Waals surface area contributed by atoms with E-state index in [1.807, 2.05) is 26.8 Å². The van der Waals surface area contributed by atoms with Gasteiger partial charge in [0.25, 0.3) is 5.91 Å². The highest BCUT2D eigenvalue weighted by atomic mass is 16.6. The van der Waals surface area contributed by atoms with Gasteiger partial charge in [0.1, 0.15) is 5.60 Å². The third-order valence-electron chi connectivity index (χ3n) is 5.33. The van der Waals surface area contributed by atoms with Crippen molar-refractivity contribution < 1.29 is 14.3 Å². The van der Waals surface area contributed by atoms with Crippen molar-refractivity contribution in [3.8, 4) is 11.1 Å². The van der Waals surface area contributed by atoms with Gasteiger partial charge in [0.05, 0.1) is 23.0 Å². The maximum absolute atomic E-state index is 12.3. The first-order chi connectivity index (χ1) is 14.2. The zero-order valence-corrected chi connectivity index (χ0v) is 17.4. The van der Waals surface area contributed by atoms with E-state index in [9.17, 15) is 9.59 Å². The molecular formula is C21H26N6O3. The Morgan fingerprint density at radius 3 is 2.53 bits per heavy atom. The minimum Gasteiger partial charge on any atom is -0.444 e. The molecule has 9 nitrogen and oxygen atoms in total. The SMILES string of the molecule is CC(C)(C)OC(=O)N1CCC(c2n[nH]c3c(C(N)=O)cc(-c4cn[nH]c4)cc23)CC1. The Balaban J connectivity index is 1.61. The molecule has 0 spiro atoms. The third kappa shape index (κ3) is 3.87. The molecule has 0 unspecified atom stereocenters. The molecule has 4 rings (SSSR count). The summed E-state index contributed by atoms with van der Waals surface area (Å²) in [6.45, 7) is 6.78. The third-order valence-corrected chi connectivity index (χ3v) is 5.33. The molecule has 0 radical (unpaired) electrons. The van der Waals surface area contributed by atoms with E-state index in [1.54, 1.807) is 23.4 Å². The summed E-state index contributed by atoms with van der Waals surface area (Å²) in [5.41, 5.74) is 8.75. The fourth-order valence-electron chi connectivity index (χ4n) is 3.88. The quantitative estimate of drug-likeness (QED) is 0.610. The Labute approximate surface area is 174 Å². The maximum atomic E-state index is 12.3. The van der Waals surface area contributed by atoms with Crippen molar-refractivity contribution in [3.05, 3.63) is 35.8 Å². The minimum atomic E-state index is -0.514. The lowest BCUT2D eigenvalue weighted by Crippen LogP contribution is -2.41. The highest BCUT2D eigenvalue weighted by Crippen LogP contribution is 2.35. The van der Waals surface area contributed by atoms with Crippen LogP contribution < -0.4 is 5.73 Å². The van der Waals surface area contributed by atoms with Crippen molar-refractivity contribution >= 4 is 22.9 Å². The van der Waals surface area contributed by atoms with E-state index in [4.69, 9.17) is 10.5 Å². The van der Waals surface area contributed by atoms with Crippen LogP contribution in [0.1, 0.15) is 55.6 Å². The number of nitrogens with two attached hydrogens (primary N) is 1. The summed E-state index contributed by atoms with van der Waals surface area (Å²) < 4.78 is 5.48. The van der Waals surface area contributed by atoms with Crippen LogP contribution in [0.3, 0.4) is 0 Å². The van der Waals surface area contributed by atoms with Crippen LogP contribution in [0.5, 0.6) is 0 Å². The van der Waals surface area contributed by atoms with Crippen molar-refractivity contribution in [1.82, 2.24) is 25.3 Å². The van der Waals surface area contributed by atoms with Gasteiger partial charge in [0, 0.05) is 36.2 Å². The van der Waals surface area contributed by atoms with Crippen molar-refractivity contribution in [2.24, 2.45) is 5.73 Å². The van der Waals surface area contributed by atoms with Gasteiger partial charge >= 0.3 is 6.09 Å². The van der Waals surface area contributed by atoms with Crippen LogP contribution in [-0.2, 0) is 4.74 Å². The number of hydrogen-bond acceptors (Lipinski definition) is 5. The van der Waals surface area contributed by atoms with E-state index < -0.39 is 11.5 Å². The molecule has 0 saturated carbocycles. The van der Waals surface area contributed by atoms with Gasteiger partial charge in [-0.1, -0.05) is 0 Å². The molecule has 0 atom stereocenters. The van der Waals surface area contributed by atoms with Crippen LogP contribution in [0.15, 0.2) is 24.5 Å². The number of rotatable bonds is 3. The molecule has 1 saturated heterocycles. The van der Waals surface area contributed by atoms with Gasteiger partial charge in [-0.2, -0.15) is 10.2 Å². The first-order valence-corrected chi connectivity index (χ1v) is 10.0. The summed E-state index contributed by atoms with van der Waals surface area (Å²) in [5.74, 6) is -0.349. The molecule has 1 aliphatic rings. The number of piperidine rings is 1. The second-order valence-corrected chi connectivity index (χ2v) is 8.65. The summed E-state index contributed by atoms with van der Waals surface area (Å²) in [4.78, 5) is 26.1. The topological polar surface area (TPSA) is 130 Å². The Morgan fingerprint density at radius 1 is 1.20 bits per heavy atom. The fraction of sp³-hybridized carbons (Fsp3) is 0.429. The molecule has 158 valence electrons. The number of aromatic amines is 2. The van der Waals surface area contributed by atoms with Crippen LogP contribution >= 0.6 is 0 Å². The molecule has 4 N–H and O–H groups in total. The second-order valence-electron chi connectivity index (χ2n) is 8.65. The van der Waals surface area contributed by atoms with Crippen molar-refractivity contribution in [2.75, 3.05) is 13.1 Å². The van der Waals surface area contributed by atoms with Crippen molar-refractivity contribution in [2.45, 2.75) is 45.1 Å². The summed E-state index contributed by atoms with van der Waals surface area (Å²) in [7, 11) is 0. The normalized spacial score (nSPS) is 15.5. The number of primary amides is 1. The van der Waals surface area contributed by atoms with Crippen molar-refractivity contribution in [3.63, 3.8) is 0 Å². The average Bonchev–Trinajstić information content (AvgIpc) is 3.36. The van der Waals surface area contributed by atoms with E-state index in [2.05, 4.69) is 20.4 Å². The zero-order chi connectivity index (χ0) is 21.5. The Hall–Kier alpha value is -3.36. The average molecular weight is 410 g/mol. The van der Waals surface area contributed by atoms with E-state index in [0.29, 0.717) is 24.2 Å². The number of nitrogens with zero attached hydrogens (tertiary/aromatic N) is 3. The summed E-state index contributed by atoms with van der Waals surface area (Å²) in [6, 6.07) is 3.76. The number of benzene rings is 1. The molecule has 1 fully saturated rings. The summed E-state index contributed by atoms with van der Waals surface area (Å²) in [5, 5.41) is 15.2. The minimum absolute atomic E-state index is 0.165. The first-order valence-electron chi connectivity index (χ1n) is 10.0. The highest BCUT2D eigenvalue weighted by Gasteiger charge is 2.30. The molecule has 9 heteroatoms. The number of ether oxygens (including phenoxy) is 1. The summed E-state index contributed by atoms with van der Waals surface area (Å²) >= 11 is 0. The van der Waals surface area contributed by atoms with Gasteiger partial charge in [-0.05, 0) is 51.3 Å². The monoisotopic (exact) mass is 410 g/mol. The number of carbonyl (C=O) groups is 2. The first kappa shape index (κ1) is 19.9. The summed E-state index contributed by atoms with van der Waals surface area (Å²) in [6.07, 6.45) is 4.71. The number of aromatic nitrogens is 4. The number of hydrogen-bond donors (Lipinski definition) is 3. The Kier molecular flexibility index (Phi) is 4.97. The smallest absolute Gasteiger partial charge is 0.410 e. The van der Waals surface area contributed by atoms with E-state index in [0.717, 1.165) is 35.0 Å². The number of nitrogens with one attached hydrogen (secondary N) is 2. The molecule has 0 aliphatic carbocycles. The maximum Gasteiger partial charge on any atom is 0.410 e. The fourth-order valence-corrected chi connectivity index (χ4v) is 3.88. The van der Waals surface area contributed by atoms with Gasteiger partial charge in [0.2, 0.25) is 0 Å². The molecule has 3 heterocycles. The Bertz CT molecular complexity index is 1070. The Morgan fingerprint density at radius 2 is 1.93 bits per heavy atom. The molecule has 2 amide bonds. The van der Waals surface area contributed by atoms with Gasteiger partial charge in [-0.15, -0.1) is 0 Å².